The summed E-state index contributed by atoms with van der Waals surface area (Å²) in [6, 6.07) is 10.6. The Hall–Kier alpha value is -2.01. The summed E-state index contributed by atoms with van der Waals surface area (Å²) in [5, 5.41) is 9.29. The number of benzene rings is 2. The van der Waals surface area contributed by atoms with Gasteiger partial charge in [-0.05, 0) is 52.2 Å². The molecule has 0 saturated heterocycles. The summed E-state index contributed by atoms with van der Waals surface area (Å²) in [6.07, 6.45) is 0.883. The predicted octanol–water partition coefficient (Wildman–Crippen LogP) is 4.51. The lowest BCUT2D eigenvalue weighted by molar-refractivity contribution is 0.0693. The first-order valence-corrected chi connectivity index (χ1v) is 7.22. The highest BCUT2D eigenvalue weighted by molar-refractivity contribution is 9.10. The second-order valence-corrected chi connectivity index (χ2v) is 5.21. The van der Waals surface area contributed by atoms with Gasteiger partial charge in [0, 0.05) is 4.47 Å². The number of carboxylic acid groups (broad SMARTS) is 1. The monoisotopic (exact) mass is 350 g/mol. The molecular formula is C16H15BrO4. The van der Waals surface area contributed by atoms with Crippen LogP contribution in [0.15, 0.2) is 40.9 Å². The Labute approximate surface area is 131 Å². The first-order chi connectivity index (χ1) is 10.1. The van der Waals surface area contributed by atoms with E-state index in [0.717, 1.165) is 12.0 Å². The number of ether oxygens (including phenoxy) is 2. The number of hydrogen-bond acceptors (Lipinski definition) is 3. The van der Waals surface area contributed by atoms with Gasteiger partial charge in [-0.25, -0.2) is 4.79 Å². The molecule has 0 radical (unpaired) electrons. The Balaban J connectivity index is 2.43. The van der Waals surface area contributed by atoms with Crippen LogP contribution in [0, 0.1) is 0 Å². The van der Waals surface area contributed by atoms with Crippen molar-refractivity contribution >= 4 is 21.9 Å². The molecule has 0 bridgehead atoms. The van der Waals surface area contributed by atoms with Crippen LogP contribution in [0.5, 0.6) is 17.2 Å². The molecule has 0 aromatic heterocycles. The van der Waals surface area contributed by atoms with Gasteiger partial charge >= 0.3 is 5.97 Å². The van der Waals surface area contributed by atoms with E-state index in [1.165, 1.54) is 0 Å². The van der Waals surface area contributed by atoms with Gasteiger partial charge in [-0.3, -0.25) is 0 Å². The normalized spacial score (nSPS) is 10.2. The number of hydrogen-bond donors (Lipinski definition) is 1. The van der Waals surface area contributed by atoms with Crippen LogP contribution in [0.4, 0.5) is 0 Å². The molecule has 5 heteroatoms. The highest BCUT2D eigenvalue weighted by atomic mass is 79.9. The summed E-state index contributed by atoms with van der Waals surface area (Å²) in [5.74, 6) is 0.266. The van der Waals surface area contributed by atoms with Crippen LogP contribution in [0.3, 0.4) is 0 Å². The first-order valence-electron chi connectivity index (χ1n) is 6.43. The zero-order valence-electron chi connectivity index (χ0n) is 11.7. The number of aromatic carboxylic acids is 1. The first kappa shape index (κ1) is 15.4. The summed E-state index contributed by atoms with van der Waals surface area (Å²) in [6.45, 7) is 2.05. The summed E-state index contributed by atoms with van der Waals surface area (Å²) in [4.78, 5) is 11.3. The van der Waals surface area contributed by atoms with E-state index in [0.29, 0.717) is 16.0 Å². The number of aryl methyl sites for hydroxylation is 1. The third kappa shape index (κ3) is 3.36. The maximum absolute atomic E-state index is 11.3. The summed E-state index contributed by atoms with van der Waals surface area (Å²) in [7, 11) is 1.56. The Morgan fingerprint density at radius 1 is 1.19 bits per heavy atom. The minimum absolute atomic E-state index is 0.0825. The molecule has 0 spiro atoms. The molecule has 4 nitrogen and oxygen atoms in total. The molecule has 0 aliphatic carbocycles. The summed E-state index contributed by atoms with van der Waals surface area (Å²) < 4.78 is 11.5. The second kappa shape index (κ2) is 6.63. The van der Waals surface area contributed by atoms with Crippen LogP contribution >= 0.6 is 15.9 Å². The molecule has 0 heterocycles. The quantitative estimate of drug-likeness (QED) is 0.861. The zero-order chi connectivity index (χ0) is 15.4. The van der Waals surface area contributed by atoms with Crippen LogP contribution in [-0.4, -0.2) is 18.2 Å². The smallest absolute Gasteiger partial charge is 0.340 e. The molecule has 0 amide bonds. The van der Waals surface area contributed by atoms with E-state index >= 15 is 0 Å². The number of methoxy groups -OCH3 is 1. The van der Waals surface area contributed by atoms with E-state index in [4.69, 9.17) is 9.47 Å². The number of carboxylic acids is 1. The standard InChI is InChI=1S/C16H15BrO4/c1-3-10-7-8-12(14(9-10)20-2)21-13-6-4-5-11(17)15(13)16(18)19/h4-9H,3H2,1-2H3,(H,18,19). The molecule has 1 N–H and O–H groups in total. The van der Waals surface area contributed by atoms with Crippen molar-refractivity contribution in [3.63, 3.8) is 0 Å². The second-order valence-electron chi connectivity index (χ2n) is 4.36. The molecule has 0 unspecified atom stereocenters. The van der Waals surface area contributed by atoms with Crippen LogP contribution in [-0.2, 0) is 6.42 Å². The van der Waals surface area contributed by atoms with Crippen LogP contribution in [0.25, 0.3) is 0 Å². The van der Waals surface area contributed by atoms with Gasteiger partial charge in [-0.2, -0.15) is 0 Å². The summed E-state index contributed by atoms with van der Waals surface area (Å²) in [5.41, 5.74) is 1.20. The third-order valence-electron chi connectivity index (χ3n) is 3.05. The number of rotatable bonds is 5. The fourth-order valence-corrected chi connectivity index (χ4v) is 2.45. The van der Waals surface area contributed by atoms with Crippen LogP contribution in [0.2, 0.25) is 0 Å². The van der Waals surface area contributed by atoms with Gasteiger partial charge in [0.2, 0.25) is 0 Å². The Morgan fingerprint density at radius 2 is 1.95 bits per heavy atom. The molecule has 2 aromatic carbocycles. The molecule has 110 valence electrons. The lowest BCUT2D eigenvalue weighted by Gasteiger charge is -2.13. The molecule has 2 aromatic rings. The van der Waals surface area contributed by atoms with Gasteiger partial charge in [0.1, 0.15) is 11.3 Å². The summed E-state index contributed by atoms with van der Waals surface area (Å²) >= 11 is 3.23. The minimum atomic E-state index is -1.05. The van der Waals surface area contributed by atoms with Crippen molar-refractivity contribution in [2.45, 2.75) is 13.3 Å². The van der Waals surface area contributed by atoms with Crippen LogP contribution in [0.1, 0.15) is 22.8 Å². The molecule has 0 fully saturated rings. The van der Waals surface area contributed by atoms with E-state index in [1.807, 2.05) is 19.1 Å². The van der Waals surface area contributed by atoms with Crippen molar-refractivity contribution in [3.05, 3.63) is 52.0 Å². The number of halogens is 1. The van der Waals surface area contributed by atoms with E-state index < -0.39 is 5.97 Å². The SMILES string of the molecule is CCc1ccc(Oc2cccc(Br)c2C(=O)O)c(OC)c1. The molecule has 0 atom stereocenters. The van der Waals surface area contributed by atoms with Crippen molar-refractivity contribution in [1.29, 1.82) is 0 Å². The Bertz CT molecular complexity index is 667. The van der Waals surface area contributed by atoms with E-state index in [2.05, 4.69) is 15.9 Å². The molecular weight excluding hydrogens is 336 g/mol. The topological polar surface area (TPSA) is 55.8 Å². The van der Waals surface area contributed by atoms with E-state index in [1.54, 1.807) is 31.4 Å². The van der Waals surface area contributed by atoms with E-state index in [-0.39, 0.29) is 11.3 Å². The molecule has 0 saturated carbocycles. The van der Waals surface area contributed by atoms with Crippen molar-refractivity contribution in [2.75, 3.05) is 7.11 Å². The van der Waals surface area contributed by atoms with Gasteiger partial charge in [-0.1, -0.05) is 19.1 Å². The van der Waals surface area contributed by atoms with Crippen molar-refractivity contribution in [1.82, 2.24) is 0 Å². The Morgan fingerprint density at radius 3 is 2.57 bits per heavy atom. The average molecular weight is 351 g/mol. The van der Waals surface area contributed by atoms with Gasteiger partial charge in [-0.15, -0.1) is 0 Å². The fourth-order valence-electron chi connectivity index (χ4n) is 1.93. The largest absolute Gasteiger partial charge is 0.493 e. The van der Waals surface area contributed by atoms with Crippen molar-refractivity contribution in [3.8, 4) is 17.2 Å². The Kier molecular flexibility index (Phi) is 4.85. The maximum Gasteiger partial charge on any atom is 0.340 e. The van der Waals surface area contributed by atoms with Crippen LogP contribution < -0.4 is 9.47 Å². The third-order valence-corrected chi connectivity index (χ3v) is 3.71. The number of carbonyl (C=O) groups is 1. The molecule has 0 aliphatic rings. The predicted molar refractivity (Wildman–Crippen MR) is 83.5 cm³/mol. The van der Waals surface area contributed by atoms with Gasteiger partial charge in [0.25, 0.3) is 0 Å². The van der Waals surface area contributed by atoms with Gasteiger partial charge in [0.05, 0.1) is 7.11 Å². The van der Waals surface area contributed by atoms with Gasteiger partial charge < -0.3 is 14.6 Å². The molecule has 0 aliphatic heterocycles. The highest BCUT2D eigenvalue weighted by Gasteiger charge is 2.17. The minimum Gasteiger partial charge on any atom is -0.493 e. The lowest BCUT2D eigenvalue weighted by Crippen LogP contribution is -2.02. The molecule has 21 heavy (non-hydrogen) atoms. The lowest BCUT2D eigenvalue weighted by atomic mass is 10.1. The molecule has 2 rings (SSSR count). The van der Waals surface area contributed by atoms with E-state index in [9.17, 15) is 9.90 Å². The van der Waals surface area contributed by atoms with Crippen molar-refractivity contribution < 1.29 is 19.4 Å². The maximum atomic E-state index is 11.3. The average Bonchev–Trinajstić information content (AvgIpc) is 2.47. The highest BCUT2D eigenvalue weighted by Crippen LogP contribution is 2.36. The zero-order valence-corrected chi connectivity index (χ0v) is 13.3. The van der Waals surface area contributed by atoms with Crippen molar-refractivity contribution in [2.24, 2.45) is 0 Å². The van der Waals surface area contributed by atoms with Gasteiger partial charge in [0.15, 0.2) is 11.5 Å². The fraction of sp³-hybridized carbons (Fsp3) is 0.188.